The van der Waals surface area contributed by atoms with E-state index in [1.54, 1.807) is 0 Å². The van der Waals surface area contributed by atoms with Crippen molar-refractivity contribution >= 4 is 0 Å². The van der Waals surface area contributed by atoms with Gasteiger partial charge in [0.25, 0.3) is 0 Å². The monoisotopic (exact) mass is 256 g/mol. The molecule has 1 atom stereocenters. The SMILES string of the molecule is CCCCCCCCC(OC(C)(C)C)C(C)(C)C. The fraction of sp³-hybridized carbons (Fsp3) is 1.00. The summed E-state index contributed by atoms with van der Waals surface area (Å²) in [7, 11) is 0. The van der Waals surface area contributed by atoms with Crippen molar-refractivity contribution in [3.8, 4) is 0 Å². The highest BCUT2D eigenvalue weighted by molar-refractivity contribution is 4.77. The first-order chi connectivity index (χ1) is 8.17. The van der Waals surface area contributed by atoms with Gasteiger partial charge in [0.05, 0.1) is 11.7 Å². The van der Waals surface area contributed by atoms with Crippen LogP contribution in [0.3, 0.4) is 0 Å². The maximum Gasteiger partial charge on any atom is 0.0630 e. The van der Waals surface area contributed by atoms with Crippen molar-refractivity contribution in [3.05, 3.63) is 0 Å². The molecule has 0 aromatic heterocycles. The molecular weight excluding hydrogens is 220 g/mol. The topological polar surface area (TPSA) is 9.23 Å². The molecule has 0 spiro atoms. The molecule has 0 heterocycles. The summed E-state index contributed by atoms with van der Waals surface area (Å²) in [6.07, 6.45) is 9.76. The summed E-state index contributed by atoms with van der Waals surface area (Å²) >= 11 is 0. The first-order valence-corrected chi connectivity index (χ1v) is 7.84. The van der Waals surface area contributed by atoms with Crippen LogP contribution < -0.4 is 0 Å². The minimum atomic E-state index is -0.0276. The molecule has 0 radical (unpaired) electrons. The van der Waals surface area contributed by atoms with Gasteiger partial charge in [0, 0.05) is 0 Å². The van der Waals surface area contributed by atoms with Gasteiger partial charge >= 0.3 is 0 Å². The second-order valence-electron chi connectivity index (χ2n) is 7.64. The third-order valence-corrected chi connectivity index (χ3v) is 3.28. The van der Waals surface area contributed by atoms with Gasteiger partial charge in [-0.25, -0.2) is 0 Å². The Kier molecular flexibility index (Phi) is 8.18. The normalized spacial score (nSPS) is 14.8. The van der Waals surface area contributed by atoms with E-state index in [0.29, 0.717) is 6.10 Å². The predicted octanol–water partition coefficient (Wildman–Crippen LogP) is 5.97. The van der Waals surface area contributed by atoms with Crippen LogP contribution in [0.1, 0.15) is 93.4 Å². The molecule has 0 aromatic rings. The van der Waals surface area contributed by atoms with Crippen molar-refractivity contribution in [2.45, 2.75) is 105 Å². The van der Waals surface area contributed by atoms with Crippen LogP contribution in [0.25, 0.3) is 0 Å². The van der Waals surface area contributed by atoms with Gasteiger partial charge in [0.2, 0.25) is 0 Å². The molecule has 18 heavy (non-hydrogen) atoms. The Bertz CT molecular complexity index is 195. The van der Waals surface area contributed by atoms with E-state index < -0.39 is 0 Å². The fourth-order valence-corrected chi connectivity index (χ4v) is 2.21. The van der Waals surface area contributed by atoms with Crippen LogP contribution in [-0.2, 0) is 4.74 Å². The van der Waals surface area contributed by atoms with Gasteiger partial charge in [-0.3, -0.25) is 0 Å². The van der Waals surface area contributed by atoms with E-state index in [-0.39, 0.29) is 11.0 Å². The fourth-order valence-electron chi connectivity index (χ4n) is 2.21. The smallest absolute Gasteiger partial charge is 0.0630 e. The Labute approximate surface area is 116 Å². The Morgan fingerprint density at radius 3 is 1.72 bits per heavy atom. The standard InChI is InChI=1S/C17H36O/c1-8-9-10-11-12-13-14-15(16(2,3)4)18-17(5,6)7/h15H,8-14H2,1-7H3. The second kappa shape index (κ2) is 8.19. The van der Waals surface area contributed by atoms with Crippen molar-refractivity contribution < 1.29 is 4.74 Å². The number of rotatable bonds is 8. The van der Waals surface area contributed by atoms with Gasteiger partial charge < -0.3 is 4.74 Å². The summed E-state index contributed by atoms with van der Waals surface area (Å²) < 4.78 is 6.23. The molecule has 0 bridgehead atoms. The molecule has 0 N–H and O–H groups in total. The molecule has 0 amide bonds. The first-order valence-electron chi connectivity index (χ1n) is 7.84. The summed E-state index contributed by atoms with van der Waals surface area (Å²) in [4.78, 5) is 0. The summed E-state index contributed by atoms with van der Waals surface area (Å²) in [6.45, 7) is 15.6. The zero-order valence-corrected chi connectivity index (χ0v) is 13.9. The number of hydrogen-bond donors (Lipinski definition) is 0. The van der Waals surface area contributed by atoms with Gasteiger partial charge in [-0.15, -0.1) is 0 Å². The molecule has 1 nitrogen and oxygen atoms in total. The maximum absolute atomic E-state index is 6.23. The zero-order chi connectivity index (χ0) is 14.2. The maximum atomic E-state index is 6.23. The lowest BCUT2D eigenvalue weighted by Crippen LogP contribution is -2.36. The lowest BCUT2D eigenvalue weighted by molar-refractivity contribution is -0.108. The quantitative estimate of drug-likeness (QED) is 0.486. The molecule has 110 valence electrons. The highest BCUT2D eigenvalue weighted by Gasteiger charge is 2.28. The molecule has 1 unspecified atom stereocenters. The molecule has 0 rings (SSSR count). The molecule has 0 aliphatic heterocycles. The van der Waals surface area contributed by atoms with Gasteiger partial charge in [0.1, 0.15) is 0 Å². The highest BCUT2D eigenvalue weighted by Crippen LogP contribution is 2.30. The van der Waals surface area contributed by atoms with Gasteiger partial charge in [-0.1, -0.05) is 66.2 Å². The molecule has 1 heteroatoms. The lowest BCUT2D eigenvalue weighted by atomic mass is 9.85. The molecule has 0 saturated heterocycles. The van der Waals surface area contributed by atoms with Gasteiger partial charge in [-0.05, 0) is 32.6 Å². The predicted molar refractivity (Wildman–Crippen MR) is 82.1 cm³/mol. The summed E-state index contributed by atoms with van der Waals surface area (Å²) in [5.41, 5.74) is 0.219. The molecule has 0 saturated carbocycles. The van der Waals surface area contributed by atoms with E-state index in [0.717, 1.165) is 0 Å². The largest absolute Gasteiger partial charge is 0.372 e. The van der Waals surface area contributed by atoms with E-state index in [4.69, 9.17) is 4.74 Å². The summed E-state index contributed by atoms with van der Waals surface area (Å²) in [5.74, 6) is 0. The Hall–Kier alpha value is -0.0400. The Balaban J connectivity index is 3.96. The van der Waals surface area contributed by atoms with E-state index in [1.807, 2.05) is 0 Å². The van der Waals surface area contributed by atoms with Crippen LogP contribution in [0, 0.1) is 5.41 Å². The molecule has 0 aliphatic carbocycles. The van der Waals surface area contributed by atoms with Crippen molar-refractivity contribution in [2.24, 2.45) is 5.41 Å². The minimum absolute atomic E-state index is 0.0276. The van der Waals surface area contributed by atoms with E-state index in [9.17, 15) is 0 Å². The third kappa shape index (κ3) is 9.94. The van der Waals surface area contributed by atoms with Crippen LogP contribution >= 0.6 is 0 Å². The van der Waals surface area contributed by atoms with Crippen LogP contribution in [0.2, 0.25) is 0 Å². The third-order valence-electron chi connectivity index (χ3n) is 3.28. The van der Waals surface area contributed by atoms with Crippen molar-refractivity contribution in [2.75, 3.05) is 0 Å². The Morgan fingerprint density at radius 1 is 0.778 bits per heavy atom. The average Bonchev–Trinajstić information content (AvgIpc) is 2.18. The van der Waals surface area contributed by atoms with Crippen molar-refractivity contribution in [1.29, 1.82) is 0 Å². The summed E-state index contributed by atoms with van der Waals surface area (Å²) in [6, 6.07) is 0. The Morgan fingerprint density at radius 2 is 1.28 bits per heavy atom. The van der Waals surface area contributed by atoms with Crippen molar-refractivity contribution in [1.82, 2.24) is 0 Å². The number of unbranched alkanes of at least 4 members (excludes halogenated alkanes) is 5. The second-order valence-corrected chi connectivity index (χ2v) is 7.64. The minimum Gasteiger partial charge on any atom is -0.372 e. The van der Waals surface area contributed by atoms with Gasteiger partial charge in [-0.2, -0.15) is 0 Å². The molecule has 0 aliphatic rings. The molecule has 0 aromatic carbocycles. The highest BCUT2D eigenvalue weighted by atomic mass is 16.5. The van der Waals surface area contributed by atoms with Crippen LogP contribution in [0.15, 0.2) is 0 Å². The lowest BCUT2D eigenvalue weighted by Gasteiger charge is -2.36. The summed E-state index contributed by atoms with van der Waals surface area (Å²) in [5, 5.41) is 0. The average molecular weight is 256 g/mol. The van der Waals surface area contributed by atoms with Crippen molar-refractivity contribution in [3.63, 3.8) is 0 Å². The molecule has 0 fully saturated rings. The van der Waals surface area contributed by atoms with E-state index in [1.165, 1.54) is 44.9 Å². The number of ether oxygens (including phenoxy) is 1. The zero-order valence-electron chi connectivity index (χ0n) is 13.9. The van der Waals surface area contributed by atoms with E-state index >= 15 is 0 Å². The van der Waals surface area contributed by atoms with Crippen LogP contribution in [0.4, 0.5) is 0 Å². The van der Waals surface area contributed by atoms with E-state index in [2.05, 4.69) is 48.5 Å². The van der Waals surface area contributed by atoms with Gasteiger partial charge in [0.15, 0.2) is 0 Å². The van der Waals surface area contributed by atoms with Crippen LogP contribution in [0.5, 0.6) is 0 Å². The molecular formula is C17H36O. The number of hydrogen-bond acceptors (Lipinski definition) is 1. The first kappa shape index (κ1) is 18.0. The van der Waals surface area contributed by atoms with Crippen LogP contribution in [-0.4, -0.2) is 11.7 Å².